The Morgan fingerprint density at radius 2 is 2.26 bits per heavy atom. The van der Waals surface area contributed by atoms with E-state index in [1.807, 2.05) is 32.0 Å². The second-order valence-electron chi connectivity index (χ2n) is 4.98. The highest BCUT2D eigenvalue weighted by Crippen LogP contribution is 2.34. The van der Waals surface area contributed by atoms with Gasteiger partial charge in [0.25, 0.3) is 5.91 Å². The highest BCUT2D eigenvalue weighted by molar-refractivity contribution is 7.20. The van der Waals surface area contributed by atoms with E-state index in [4.69, 9.17) is 5.41 Å². The van der Waals surface area contributed by atoms with Gasteiger partial charge in [0.1, 0.15) is 6.07 Å². The number of hydrogen-bond acceptors (Lipinski definition) is 6. The van der Waals surface area contributed by atoms with Gasteiger partial charge in [0.15, 0.2) is 5.69 Å². The van der Waals surface area contributed by atoms with Crippen LogP contribution in [0.1, 0.15) is 28.7 Å². The summed E-state index contributed by atoms with van der Waals surface area (Å²) in [6.07, 6.45) is 6.79. The molecule has 2 aromatic rings. The predicted molar refractivity (Wildman–Crippen MR) is 93.0 cm³/mol. The minimum Gasteiger partial charge on any atom is -0.375 e. The molecule has 0 spiro atoms. The average Bonchev–Trinajstić information content (AvgIpc) is 2.97. The number of anilines is 1. The number of nitrogens with zero attached hydrogens (tertiary/aromatic N) is 4. The first-order chi connectivity index (χ1) is 11.0. The third kappa shape index (κ3) is 3.22. The number of thiophene rings is 1. The second kappa shape index (κ2) is 7.03. The monoisotopic (exact) mass is 327 g/mol. The molecule has 0 bridgehead atoms. The summed E-state index contributed by atoms with van der Waals surface area (Å²) in [6, 6.07) is 3.84. The van der Waals surface area contributed by atoms with E-state index >= 15 is 0 Å². The van der Waals surface area contributed by atoms with Gasteiger partial charge >= 0.3 is 0 Å². The molecule has 2 rings (SSSR count). The predicted octanol–water partition coefficient (Wildman–Crippen LogP) is 3.21. The minimum atomic E-state index is -0.269. The van der Waals surface area contributed by atoms with Gasteiger partial charge in [-0.15, -0.1) is 11.3 Å². The lowest BCUT2D eigenvalue weighted by Gasteiger charge is -2.14. The van der Waals surface area contributed by atoms with Crippen molar-refractivity contribution in [2.75, 3.05) is 19.0 Å². The van der Waals surface area contributed by atoms with Crippen LogP contribution in [0.2, 0.25) is 0 Å². The largest absolute Gasteiger partial charge is 0.375 e. The van der Waals surface area contributed by atoms with E-state index in [0.717, 1.165) is 22.8 Å². The molecule has 0 radical (unpaired) electrons. The van der Waals surface area contributed by atoms with Crippen molar-refractivity contribution in [3.05, 3.63) is 35.1 Å². The van der Waals surface area contributed by atoms with Gasteiger partial charge in [-0.25, -0.2) is 4.98 Å². The molecule has 2 heterocycles. The summed E-state index contributed by atoms with van der Waals surface area (Å²) in [6.45, 7) is 1.96. The van der Waals surface area contributed by atoms with E-state index in [1.54, 1.807) is 18.5 Å². The van der Waals surface area contributed by atoms with E-state index in [2.05, 4.69) is 11.1 Å². The van der Waals surface area contributed by atoms with Crippen LogP contribution >= 0.6 is 11.3 Å². The molecule has 0 fully saturated rings. The van der Waals surface area contributed by atoms with Gasteiger partial charge in [0.2, 0.25) is 0 Å². The normalized spacial score (nSPS) is 10.7. The van der Waals surface area contributed by atoms with Crippen molar-refractivity contribution in [3.63, 3.8) is 0 Å². The topological polar surface area (TPSA) is 84.1 Å². The maximum atomic E-state index is 12.5. The molecule has 0 aliphatic heterocycles. The van der Waals surface area contributed by atoms with Crippen LogP contribution in [0.3, 0.4) is 0 Å². The van der Waals surface area contributed by atoms with Crippen LogP contribution in [0.5, 0.6) is 0 Å². The number of nitriles is 1. The highest BCUT2D eigenvalue weighted by Gasteiger charge is 2.19. The van der Waals surface area contributed by atoms with Crippen molar-refractivity contribution in [2.45, 2.75) is 13.3 Å². The van der Waals surface area contributed by atoms with Gasteiger partial charge in [-0.1, -0.05) is 13.0 Å². The summed E-state index contributed by atoms with van der Waals surface area (Å²) in [7, 11) is 3.68. The van der Waals surface area contributed by atoms with Gasteiger partial charge in [-0.05, 0) is 12.5 Å². The minimum absolute atomic E-state index is 0.269. The number of pyridine rings is 1. The maximum Gasteiger partial charge on any atom is 0.273 e. The third-order valence-electron chi connectivity index (χ3n) is 3.19. The fraction of sp³-hybridized carbons (Fsp3) is 0.250. The first kappa shape index (κ1) is 16.6. The van der Waals surface area contributed by atoms with Crippen LogP contribution in [-0.2, 0) is 0 Å². The molecule has 0 saturated carbocycles. The molecule has 118 valence electrons. The molecule has 0 atom stereocenters. The number of carbonyl (C=O) groups excluding carboxylic acids is 1. The Morgan fingerprint density at radius 1 is 1.52 bits per heavy atom. The van der Waals surface area contributed by atoms with Crippen molar-refractivity contribution >= 4 is 39.4 Å². The van der Waals surface area contributed by atoms with Gasteiger partial charge in [0.05, 0.1) is 21.6 Å². The molecule has 0 aliphatic carbocycles. The fourth-order valence-electron chi connectivity index (χ4n) is 2.15. The number of hydrogen-bond donors (Lipinski definition) is 1. The van der Waals surface area contributed by atoms with E-state index in [-0.39, 0.29) is 5.91 Å². The molecule has 1 N–H and O–H groups in total. The van der Waals surface area contributed by atoms with Crippen molar-refractivity contribution in [1.29, 1.82) is 10.7 Å². The van der Waals surface area contributed by atoms with Gasteiger partial charge in [-0.3, -0.25) is 15.1 Å². The van der Waals surface area contributed by atoms with E-state index in [9.17, 15) is 10.1 Å². The lowest BCUT2D eigenvalue weighted by atomic mass is 10.2. The smallest absolute Gasteiger partial charge is 0.273 e. The van der Waals surface area contributed by atoms with Gasteiger partial charge < -0.3 is 4.90 Å². The number of rotatable bonds is 5. The third-order valence-corrected chi connectivity index (χ3v) is 4.25. The van der Waals surface area contributed by atoms with Crippen LogP contribution in [0, 0.1) is 16.7 Å². The van der Waals surface area contributed by atoms with Crippen LogP contribution in [0.4, 0.5) is 5.69 Å². The molecule has 0 aromatic carbocycles. The zero-order valence-corrected chi connectivity index (χ0v) is 14.0. The molecule has 2 aromatic heterocycles. The zero-order valence-electron chi connectivity index (χ0n) is 13.2. The van der Waals surface area contributed by atoms with Crippen molar-refractivity contribution in [2.24, 2.45) is 0 Å². The quantitative estimate of drug-likeness (QED) is 0.675. The summed E-state index contributed by atoms with van der Waals surface area (Å²) in [5.41, 5.74) is 1.03. The standard InChI is InChI=1S/C16H17N5OS/c1-4-5-6-21(10-18)16(22)13-7-11-14(23-13)9-19-12(8-17)15(11)20(2)3/h5-7,9-10,18H,4H2,1-3H3/b6-5+,18-10?. The Kier molecular flexibility index (Phi) is 5.09. The Morgan fingerprint density at radius 3 is 2.83 bits per heavy atom. The van der Waals surface area contributed by atoms with Crippen molar-refractivity contribution in [1.82, 2.24) is 9.88 Å². The van der Waals surface area contributed by atoms with Crippen LogP contribution in [-0.4, -0.2) is 36.2 Å². The summed E-state index contributed by atoms with van der Waals surface area (Å²) in [5.74, 6) is -0.269. The number of amides is 1. The molecule has 1 amide bonds. The number of fused-ring (bicyclic) bond motifs is 1. The van der Waals surface area contributed by atoms with E-state index in [0.29, 0.717) is 16.3 Å². The van der Waals surface area contributed by atoms with Gasteiger partial charge in [0, 0.05) is 31.9 Å². The molecule has 23 heavy (non-hydrogen) atoms. The Hall–Kier alpha value is -2.72. The molecule has 0 saturated heterocycles. The molecule has 7 heteroatoms. The second-order valence-corrected chi connectivity index (χ2v) is 6.07. The molecule has 0 aliphatic rings. The lowest BCUT2D eigenvalue weighted by molar-refractivity contribution is 0.0895. The van der Waals surface area contributed by atoms with Crippen LogP contribution in [0.15, 0.2) is 24.5 Å². The Labute approximate surface area is 138 Å². The molecule has 6 nitrogen and oxygen atoms in total. The first-order valence-electron chi connectivity index (χ1n) is 7.03. The molecular formula is C16H17N5OS. The zero-order chi connectivity index (χ0) is 17.0. The highest BCUT2D eigenvalue weighted by atomic mass is 32.1. The fourth-order valence-corrected chi connectivity index (χ4v) is 3.13. The summed E-state index contributed by atoms with van der Waals surface area (Å²) in [4.78, 5) is 20.2. The Bertz CT molecular complexity index is 816. The molecular weight excluding hydrogens is 310 g/mol. The SMILES string of the molecule is CC/C=C/N(C=N)C(=O)c1cc2c(N(C)C)c(C#N)ncc2s1. The summed E-state index contributed by atoms with van der Waals surface area (Å²) >= 11 is 1.31. The number of nitrogens with one attached hydrogen (secondary N) is 1. The number of carbonyl (C=O) groups is 1. The van der Waals surface area contributed by atoms with Crippen LogP contribution in [0.25, 0.3) is 10.1 Å². The summed E-state index contributed by atoms with van der Waals surface area (Å²) < 4.78 is 0.834. The summed E-state index contributed by atoms with van der Waals surface area (Å²) in [5, 5.41) is 17.4. The first-order valence-corrected chi connectivity index (χ1v) is 7.85. The lowest BCUT2D eigenvalue weighted by Crippen LogP contribution is -2.22. The van der Waals surface area contributed by atoms with Crippen molar-refractivity contribution in [3.8, 4) is 6.07 Å². The maximum absolute atomic E-state index is 12.5. The van der Waals surface area contributed by atoms with Crippen molar-refractivity contribution < 1.29 is 4.79 Å². The van der Waals surface area contributed by atoms with Crippen LogP contribution < -0.4 is 4.90 Å². The average molecular weight is 327 g/mol. The van der Waals surface area contributed by atoms with Gasteiger partial charge in [-0.2, -0.15) is 5.26 Å². The number of aromatic nitrogens is 1. The molecule has 0 unspecified atom stereocenters. The Balaban J connectivity index is 2.54. The van der Waals surface area contributed by atoms with E-state index < -0.39 is 0 Å². The number of allylic oxidation sites excluding steroid dienone is 1. The van der Waals surface area contributed by atoms with E-state index in [1.165, 1.54) is 16.2 Å².